The average Bonchev–Trinajstić information content (AvgIpc) is 2.26. The Bertz CT molecular complexity index is 405. The SMILES string of the molecule is CC(N)c1ccc(N(CCO)C2CCC2)c(F)c1. The molecule has 1 fully saturated rings. The number of hydrogen-bond acceptors (Lipinski definition) is 3. The first-order chi connectivity index (χ1) is 8.63. The Kier molecular flexibility index (Phi) is 4.19. The maximum absolute atomic E-state index is 14.1. The molecule has 18 heavy (non-hydrogen) atoms. The zero-order valence-corrected chi connectivity index (χ0v) is 10.8. The van der Waals surface area contributed by atoms with Crippen LogP contribution in [-0.4, -0.2) is 24.3 Å². The van der Waals surface area contributed by atoms with Gasteiger partial charge in [-0.05, 0) is 43.9 Å². The van der Waals surface area contributed by atoms with Crippen molar-refractivity contribution in [1.29, 1.82) is 0 Å². The van der Waals surface area contributed by atoms with Crippen molar-refractivity contribution in [2.75, 3.05) is 18.1 Å². The van der Waals surface area contributed by atoms with Crippen LogP contribution in [0.2, 0.25) is 0 Å². The van der Waals surface area contributed by atoms with E-state index in [2.05, 4.69) is 0 Å². The number of nitrogens with zero attached hydrogens (tertiary/aromatic N) is 1. The maximum atomic E-state index is 14.1. The number of anilines is 1. The van der Waals surface area contributed by atoms with Crippen LogP contribution < -0.4 is 10.6 Å². The molecule has 0 aromatic heterocycles. The van der Waals surface area contributed by atoms with Gasteiger partial charge in [0.2, 0.25) is 0 Å². The van der Waals surface area contributed by atoms with Gasteiger partial charge < -0.3 is 15.7 Å². The van der Waals surface area contributed by atoms with Crippen LogP contribution in [-0.2, 0) is 0 Å². The summed E-state index contributed by atoms with van der Waals surface area (Å²) in [5.74, 6) is -0.245. The van der Waals surface area contributed by atoms with Gasteiger partial charge in [-0.25, -0.2) is 4.39 Å². The Labute approximate surface area is 107 Å². The van der Waals surface area contributed by atoms with Crippen molar-refractivity contribution < 1.29 is 9.50 Å². The smallest absolute Gasteiger partial charge is 0.146 e. The first-order valence-corrected chi connectivity index (χ1v) is 6.56. The Hall–Kier alpha value is -1.13. The number of halogens is 1. The first-order valence-electron chi connectivity index (χ1n) is 6.56. The van der Waals surface area contributed by atoms with Gasteiger partial charge in [0.05, 0.1) is 12.3 Å². The lowest BCUT2D eigenvalue weighted by Crippen LogP contribution is -2.42. The highest BCUT2D eigenvalue weighted by Gasteiger charge is 2.26. The summed E-state index contributed by atoms with van der Waals surface area (Å²) in [4.78, 5) is 1.98. The first kappa shape index (κ1) is 13.3. The molecule has 100 valence electrons. The average molecular weight is 252 g/mol. The van der Waals surface area contributed by atoms with E-state index in [0.29, 0.717) is 18.3 Å². The van der Waals surface area contributed by atoms with Crippen LogP contribution in [0.5, 0.6) is 0 Å². The molecular weight excluding hydrogens is 231 g/mol. The fourth-order valence-electron chi connectivity index (χ4n) is 2.35. The maximum Gasteiger partial charge on any atom is 0.146 e. The van der Waals surface area contributed by atoms with Crippen molar-refractivity contribution in [2.24, 2.45) is 5.73 Å². The van der Waals surface area contributed by atoms with E-state index in [-0.39, 0.29) is 18.5 Å². The van der Waals surface area contributed by atoms with Gasteiger partial charge >= 0.3 is 0 Å². The monoisotopic (exact) mass is 252 g/mol. The summed E-state index contributed by atoms with van der Waals surface area (Å²) in [5, 5.41) is 9.12. The molecule has 1 atom stereocenters. The van der Waals surface area contributed by atoms with Crippen LogP contribution in [0.1, 0.15) is 37.8 Å². The fourth-order valence-corrected chi connectivity index (χ4v) is 2.35. The van der Waals surface area contributed by atoms with Gasteiger partial charge in [-0.2, -0.15) is 0 Å². The van der Waals surface area contributed by atoms with Crippen LogP contribution in [0.15, 0.2) is 18.2 Å². The Balaban J connectivity index is 2.23. The van der Waals surface area contributed by atoms with Gasteiger partial charge in [-0.15, -0.1) is 0 Å². The number of hydrogen-bond donors (Lipinski definition) is 2. The van der Waals surface area contributed by atoms with Gasteiger partial charge in [-0.1, -0.05) is 6.07 Å². The minimum atomic E-state index is -0.245. The van der Waals surface area contributed by atoms with Crippen molar-refractivity contribution in [3.63, 3.8) is 0 Å². The molecule has 0 spiro atoms. The van der Waals surface area contributed by atoms with Crippen LogP contribution in [0.4, 0.5) is 10.1 Å². The molecule has 0 bridgehead atoms. The molecule has 0 amide bonds. The predicted octanol–water partition coefficient (Wildman–Crippen LogP) is 2.20. The lowest BCUT2D eigenvalue weighted by Gasteiger charge is -2.39. The molecule has 1 aliphatic rings. The third-order valence-corrected chi connectivity index (χ3v) is 3.66. The molecule has 1 aliphatic carbocycles. The van der Waals surface area contributed by atoms with E-state index in [1.54, 1.807) is 6.07 Å². The lowest BCUT2D eigenvalue weighted by atomic mass is 9.91. The summed E-state index contributed by atoms with van der Waals surface area (Å²) >= 11 is 0. The number of nitrogens with two attached hydrogens (primary N) is 1. The second-order valence-corrected chi connectivity index (χ2v) is 5.00. The van der Waals surface area contributed by atoms with Crippen LogP contribution in [0, 0.1) is 5.82 Å². The van der Waals surface area contributed by atoms with E-state index in [0.717, 1.165) is 18.4 Å². The van der Waals surface area contributed by atoms with Crippen molar-refractivity contribution >= 4 is 5.69 Å². The van der Waals surface area contributed by atoms with Crippen molar-refractivity contribution in [1.82, 2.24) is 0 Å². The molecule has 1 aromatic carbocycles. The van der Waals surface area contributed by atoms with Crippen LogP contribution >= 0.6 is 0 Å². The van der Waals surface area contributed by atoms with Gasteiger partial charge in [0.15, 0.2) is 0 Å². The van der Waals surface area contributed by atoms with Crippen molar-refractivity contribution in [2.45, 2.75) is 38.3 Å². The van der Waals surface area contributed by atoms with E-state index in [9.17, 15) is 4.39 Å². The number of aliphatic hydroxyl groups is 1. The van der Waals surface area contributed by atoms with Gasteiger partial charge in [0.1, 0.15) is 5.82 Å². The highest BCUT2D eigenvalue weighted by molar-refractivity contribution is 5.51. The molecule has 1 saturated carbocycles. The number of aliphatic hydroxyl groups excluding tert-OH is 1. The minimum absolute atomic E-state index is 0.0466. The molecule has 3 N–H and O–H groups in total. The van der Waals surface area contributed by atoms with Gasteiger partial charge in [-0.3, -0.25) is 0 Å². The predicted molar refractivity (Wildman–Crippen MR) is 71.1 cm³/mol. The number of benzene rings is 1. The standard InChI is InChI=1S/C14H21FN2O/c1-10(16)11-5-6-14(13(15)9-11)17(7-8-18)12-3-2-4-12/h5-6,9-10,12,18H,2-4,7-8,16H2,1H3. The van der Waals surface area contributed by atoms with Crippen molar-refractivity contribution in [3.8, 4) is 0 Å². The van der Waals surface area contributed by atoms with Crippen LogP contribution in [0.3, 0.4) is 0 Å². The zero-order valence-electron chi connectivity index (χ0n) is 10.8. The summed E-state index contributed by atoms with van der Waals surface area (Å²) in [6, 6.07) is 5.35. The fraction of sp³-hybridized carbons (Fsp3) is 0.571. The summed E-state index contributed by atoms with van der Waals surface area (Å²) < 4.78 is 14.1. The minimum Gasteiger partial charge on any atom is -0.395 e. The molecule has 1 aromatic rings. The molecule has 0 radical (unpaired) electrons. The lowest BCUT2D eigenvalue weighted by molar-refractivity contribution is 0.282. The summed E-state index contributed by atoms with van der Waals surface area (Å²) in [7, 11) is 0. The summed E-state index contributed by atoms with van der Waals surface area (Å²) in [5.41, 5.74) is 7.13. The third-order valence-electron chi connectivity index (χ3n) is 3.66. The van der Waals surface area contributed by atoms with E-state index in [4.69, 9.17) is 10.8 Å². The highest BCUT2D eigenvalue weighted by atomic mass is 19.1. The summed E-state index contributed by atoms with van der Waals surface area (Å²) in [6.45, 7) is 2.37. The number of rotatable bonds is 5. The molecule has 0 heterocycles. The highest BCUT2D eigenvalue weighted by Crippen LogP contribution is 2.31. The van der Waals surface area contributed by atoms with Crippen LogP contribution in [0.25, 0.3) is 0 Å². The zero-order chi connectivity index (χ0) is 13.1. The molecule has 0 saturated heterocycles. The third kappa shape index (κ3) is 2.65. The second-order valence-electron chi connectivity index (χ2n) is 5.00. The molecule has 4 heteroatoms. The quantitative estimate of drug-likeness (QED) is 0.844. The molecule has 2 rings (SSSR count). The molecular formula is C14H21FN2O. The van der Waals surface area contributed by atoms with E-state index in [1.165, 1.54) is 12.5 Å². The largest absolute Gasteiger partial charge is 0.395 e. The second kappa shape index (κ2) is 5.67. The Morgan fingerprint density at radius 1 is 1.50 bits per heavy atom. The van der Waals surface area contributed by atoms with Gasteiger partial charge in [0, 0.05) is 18.6 Å². The molecule has 1 unspecified atom stereocenters. The van der Waals surface area contributed by atoms with Crippen molar-refractivity contribution in [3.05, 3.63) is 29.6 Å². The molecule has 3 nitrogen and oxygen atoms in total. The summed E-state index contributed by atoms with van der Waals surface area (Å²) in [6.07, 6.45) is 3.34. The molecule has 0 aliphatic heterocycles. The Morgan fingerprint density at radius 3 is 2.67 bits per heavy atom. The van der Waals surface area contributed by atoms with Gasteiger partial charge in [0.25, 0.3) is 0 Å². The van der Waals surface area contributed by atoms with E-state index < -0.39 is 0 Å². The topological polar surface area (TPSA) is 49.5 Å². The normalized spacial score (nSPS) is 17.3. The van der Waals surface area contributed by atoms with E-state index >= 15 is 0 Å². The Morgan fingerprint density at radius 2 is 2.22 bits per heavy atom. The van der Waals surface area contributed by atoms with E-state index in [1.807, 2.05) is 17.9 Å².